The molecule has 1 heterocycles. The maximum absolute atomic E-state index is 12.1. The number of rotatable bonds is 7. The summed E-state index contributed by atoms with van der Waals surface area (Å²) in [5.74, 6) is 0.144. The Bertz CT molecular complexity index is 615. The molecule has 0 saturated carbocycles. The minimum atomic E-state index is -3.62. The Morgan fingerprint density at radius 3 is 2.86 bits per heavy atom. The van der Waals surface area contributed by atoms with Gasteiger partial charge >= 0.3 is 0 Å². The molecule has 21 heavy (non-hydrogen) atoms. The van der Waals surface area contributed by atoms with E-state index in [1.54, 1.807) is 0 Å². The summed E-state index contributed by atoms with van der Waals surface area (Å²) in [7, 11) is -3.62. The van der Waals surface area contributed by atoms with Crippen LogP contribution in [-0.2, 0) is 14.8 Å². The van der Waals surface area contributed by atoms with Gasteiger partial charge < -0.3 is 15.2 Å². The smallest absolute Gasteiger partial charge is 0.262 e. The molecule has 1 aliphatic heterocycles. The lowest BCUT2D eigenvalue weighted by atomic mass is 10.2. The first-order chi connectivity index (χ1) is 10.0. The van der Waals surface area contributed by atoms with Gasteiger partial charge in [-0.25, -0.2) is 13.1 Å². The Balaban J connectivity index is 2.03. The summed E-state index contributed by atoms with van der Waals surface area (Å²) in [5.41, 5.74) is 0.356. The van der Waals surface area contributed by atoms with Gasteiger partial charge in [0.25, 0.3) is 5.91 Å². The predicted molar refractivity (Wildman–Crippen MR) is 76.7 cm³/mol. The SMILES string of the molecule is O=C1COc2ccc(S(=O)(=O)NCCCCCO)cc2N1. The van der Waals surface area contributed by atoms with Crippen molar-refractivity contribution < 1.29 is 23.1 Å². The van der Waals surface area contributed by atoms with E-state index in [0.29, 0.717) is 30.8 Å². The summed E-state index contributed by atoms with van der Waals surface area (Å²) in [5, 5.41) is 11.2. The number of nitrogens with one attached hydrogen (secondary N) is 2. The molecule has 1 aliphatic rings. The van der Waals surface area contributed by atoms with Crippen LogP contribution in [0.3, 0.4) is 0 Å². The Morgan fingerprint density at radius 2 is 2.10 bits per heavy atom. The average molecular weight is 314 g/mol. The lowest BCUT2D eigenvalue weighted by Crippen LogP contribution is -2.27. The number of hydrogen-bond acceptors (Lipinski definition) is 5. The maximum Gasteiger partial charge on any atom is 0.262 e. The molecule has 0 unspecified atom stereocenters. The van der Waals surface area contributed by atoms with E-state index in [1.165, 1.54) is 18.2 Å². The topological polar surface area (TPSA) is 105 Å². The fourth-order valence-electron chi connectivity index (χ4n) is 1.93. The highest BCUT2D eigenvalue weighted by Gasteiger charge is 2.20. The molecule has 3 N–H and O–H groups in total. The number of carbonyl (C=O) groups excluding carboxylic acids is 1. The molecule has 1 aromatic carbocycles. The van der Waals surface area contributed by atoms with E-state index in [1.807, 2.05) is 0 Å². The summed E-state index contributed by atoms with van der Waals surface area (Å²) >= 11 is 0. The van der Waals surface area contributed by atoms with Crippen LogP contribution in [0, 0.1) is 0 Å². The minimum absolute atomic E-state index is 0.0673. The monoisotopic (exact) mass is 314 g/mol. The van der Waals surface area contributed by atoms with Crippen LogP contribution in [0.25, 0.3) is 0 Å². The van der Waals surface area contributed by atoms with Crippen LogP contribution < -0.4 is 14.8 Å². The van der Waals surface area contributed by atoms with Crippen LogP contribution in [0.15, 0.2) is 23.1 Å². The van der Waals surface area contributed by atoms with Crippen molar-refractivity contribution in [3.8, 4) is 5.75 Å². The number of sulfonamides is 1. The third-order valence-electron chi connectivity index (χ3n) is 3.02. The number of amides is 1. The summed E-state index contributed by atoms with van der Waals surface area (Å²) in [4.78, 5) is 11.3. The standard InChI is InChI=1S/C13H18N2O5S/c16-7-3-1-2-6-14-21(18,19)10-4-5-12-11(8-10)15-13(17)9-20-12/h4-5,8,14,16H,1-3,6-7,9H2,(H,15,17). The van der Waals surface area contributed by atoms with Crippen LogP contribution in [0.1, 0.15) is 19.3 Å². The zero-order valence-corrected chi connectivity index (χ0v) is 12.3. The Hall–Kier alpha value is -1.64. The van der Waals surface area contributed by atoms with Gasteiger partial charge in [-0.2, -0.15) is 0 Å². The van der Waals surface area contributed by atoms with Crippen molar-refractivity contribution in [3.05, 3.63) is 18.2 Å². The zero-order chi connectivity index (χ0) is 15.3. The largest absolute Gasteiger partial charge is 0.482 e. The first kappa shape index (κ1) is 15.7. The van der Waals surface area contributed by atoms with Crippen molar-refractivity contribution in [2.75, 3.05) is 25.1 Å². The number of carbonyl (C=O) groups is 1. The fraction of sp³-hybridized carbons (Fsp3) is 0.462. The van der Waals surface area contributed by atoms with Crippen LogP contribution >= 0.6 is 0 Å². The number of ether oxygens (including phenoxy) is 1. The maximum atomic E-state index is 12.1. The molecule has 0 saturated heterocycles. The molecule has 0 aliphatic carbocycles. The van der Waals surface area contributed by atoms with Crippen LogP contribution in [0.5, 0.6) is 5.75 Å². The molecule has 0 fully saturated rings. The van der Waals surface area contributed by atoms with Gasteiger partial charge in [-0.15, -0.1) is 0 Å². The first-order valence-electron chi connectivity index (χ1n) is 6.70. The van der Waals surface area contributed by atoms with Crippen molar-refractivity contribution in [3.63, 3.8) is 0 Å². The van der Waals surface area contributed by atoms with Crippen LogP contribution in [0.2, 0.25) is 0 Å². The van der Waals surface area contributed by atoms with Gasteiger partial charge in [-0.1, -0.05) is 0 Å². The summed E-state index contributed by atoms with van der Waals surface area (Å²) in [6.07, 6.45) is 2.07. The summed E-state index contributed by atoms with van der Waals surface area (Å²) in [6, 6.07) is 4.34. The molecule has 0 atom stereocenters. The van der Waals surface area contributed by atoms with Gasteiger partial charge in [-0.3, -0.25) is 4.79 Å². The van der Waals surface area contributed by atoms with Crippen molar-refractivity contribution in [1.82, 2.24) is 4.72 Å². The van der Waals surface area contributed by atoms with Gasteiger partial charge in [0.2, 0.25) is 10.0 Å². The van der Waals surface area contributed by atoms with Crippen LogP contribution in [0.4, 0.5) is 5.69 Å². The lowest BCUT2D eigenvalue weighted by molar-refractivity contribution is -0.118. The molecular weight excluding hydrogens is 296 g/mol. The molecule has 0 bridgehead atoms. The second-order valence-corrected chi connectivity index (χ2v) is 6.44. The first-order valence-corrected chi connectivity index (χ1v) is 8.18. The molecule has 7 nitrogen and oxygen atoms in total. The normalized spacial score (nSPS) is 14.2. The quantitative estimate of drug-likeness (QED) is 0.634. The van der Waals surface area contributed by atoms with Crippen molar-refractivity contribution in [2.45, 2.75) is 24.2 Å². The second kappa shape index (κ2) is 6.88. The number of unbranched alkanes of at least 4 members (excludes halogenated alkanes) is 2. The molecule has 8 heteroatoms. The van der Waals surface area contributed by atoms with Gasteiger partial charge in [0.05, 0.1) is 10.6 Å². The van der Waals surface area contributed by atoms with E-state index in [2.05, 4.69) is 10.0 Å². The number of aliphatic hydroxyl groups excluding tert-OH is 1. The number of hydrogen-bond donors (Lipinski definition) is 3. The van der Waals surface area contributed by atoms with Crippen molar-refractivity contribution in [2.24, 2.45) is 0 Å². The number of aliphatic hydroxyl groups is 1. The zero-order valence-electron chi connectivity index (χ0n) is 11.5. The van der Waals surface area contributed by atoms with E-state index in [-0.39, 0.29) is 24.0 Å². The van der Waals surface area contributed by atoms with E-state index >= 15 is 0 Å². The van der Waals surface area contributed by atoms with E-state index in [9.17, 15) is 13.2 Å². The highest BCUT2D eigenvalue weighted by Crippen LogP contribution is 2.29. The van der Waals surface area contributed by atoms with Gasteiger partial charge in [0.1, 0.15) is 5.75 Å². The van der Waals surface area contributed by atoms with Gasteiger partial charge in [0, 0.05) is 13.2 Å². The number of fused-ring (bicyclic) bond motifs is 1. The summed E-state index contributed by atoms with van der Waals surface area (Å²) < 4.78 is 31.9. The predicted octanol–water partition coefficient (Wildman–Crippen LogP) is 0.458. The van der Waals surface area contributed by atoms with Crippen LogP contribution in [-0.4, -0.2) is 39.2 Å². The number of anilines is 1. The third kappa shape index (κ3) is 4.16. The van der Waals surface area contributed by atoms with Gasteiger partial charge in [-0.05, 0) is 37.5 Å². The molecule has 0 radical (unpaired) electrons. The summed E-state index contributed by atoms with van der Waals surface area (Å²) in [6.45, 7) is 0.349. The third-order valence-corrected chi connectivity index (χ3v) is 4.48. The minimum Gasteiger partial charge on any atom is -0.482 e. The number of benzene rings is 1. The van der Waals surface area contributed by atoms with E-state index in [4.69, 9.17) is 9.84 Å². The lowest BCUT2D eigenvalue weighted by Gasteiger charge is -2.18. The van der Waals surface area contributed by atoms with Crippen molar-refractivity contribution >= 4 is 21.6 Å². The Morgan fingerprint density at radius 1 is 1.29 bits per heavy atom. The fourth-order valence-corrected chi connectivity index (χ4v) is 3.03. The molecular formula is C13H18N2O5S. The van der Waals surface area contributed by atoms with E-state index in [0.717, 1.165) is 6.42 Å². The molecule has 0 aromatic heterocycles. The molecule has 1 aromatic rings. The highest BCUT2D eigenvalue weighted by atomic mass is 32.2. The average Bonchev–Trinajstić information content (AvgIpc) is 2.46. The molecule has 2 rings (SSSR count). The molecule has 1 amide bonds. The Kier molecular flexibility index (Phi) is 5.16. The van der Waals surface area contributed by atoms with E-state index < -0.39 is 10.0 Å². The van der Waals surface area contributed by atoms with Gasteiger partial charge in [0.15, 0.2) is 6.61 Å². The second-order valence-electron chi connectivity index (χ2n) is 4.68. The Labute approximate surface area is 123 Å². The molecule has 116 valence electrons. The molecule has 0 spiro atoms. The highest BCUT2D eigenvalue weighted by molar-refractivity contribution is 7.89. The van der Waals surface area contributed by atoms with Crippen molar-refractivity contribution in [1.29, 1.82) is 0 Å².